The normalized spacial score (nSPS) is 25.5. The van der Waals surface area contributed by atoms with Gasteiger partial charge in [-0.25, -0.2) is 4.79 Å². The molecule has 0 saturated carbocycles. The molecule has 2 fully saturated rings. The summed E-state index contributed by atoms with van der Waals surface area (Å²) in [6.45, 7) is 8.36. The third-order valence-electron chi connectivity index (χ3n) is 5.05. The van der Waals surface area contributed by atoms with Crippen molar-refractivity contribution in [3.63, 3.8) is 0 Å². The molecule has 2 rings (SSSR count). The van der Waals surface area contributed by atoms with Crippen LogP contribution in [0.5, 0.6) is 0 Å². The van der Waals surface area contributed by atoms with E-state index < -0.39 is 53.5 Å². The molecule has 9 heteroatoms. The first-order valence-corrected chi connectivity index (χ1v) is 8.54. The highest BCUT2D eigenvalue weighted by molar-refractivity contribution is 5.98. The molecule has 0 aliphatic carbocycles. The third-order valence-corrected chi connectivity index (χ3v) is 5.05. The number of rotatable bonds is 3. The molecule has 9 nitrogen and oxygen atoms in total. The van der Waals surface area contributed by atoms with Gasteiger partial charge in [-0.3, -0.25) is 14.5 Å². The summed E-state index contributed by atoms with van der Waals surface area (Å²) in [6.07, 6.45) is 0.0772. The van der Waals surface area contributed by atoms with Crippen LogP contribution in [0.2, 0.25) is 0 Å². The molecule has 2 heterocycles. The fourth-order valence-electron chi connectivity index (χ4n) is 4.18. The number of hydrogen-bond acceptors (Lipinski definition) is 6. The molecule has 0 unspecified atom stereocenters. The molecule has 2 N–H and O–H groups in total. The topological polar surface area (TPSA) is 123 Å². The Labute approximate surface area is 152 Å². The van der Waals surface area contributed by atoms with Gasteiger partial charge in [-0.1, -0.05) is 0 Å². The summed E-state index contributed by atoms with van der Waals surface area (Å²) >= 11 is 0. The molecule has 0 atom stereocenters. The third kappa shape index (κ3) is 3.25. The van der Waals surface area contributed by atoms with E-state index in [2.05, 4.69) is 0 Å². The Morgan fingerprint density at radius 3 is 1.73 bits per heavy atom. The summed E-state index contributed by atoms with van der Waals surface area (Å²) in [5.74, 6) is -4.16. The van der Waals surface area contributed by atoms with Gasteiger partial charge in [-0.2, -0.15) is 0 Å². The first kappa shape index (κ1) is 20.4. The lowest BCUT2D eigenvalue weighted by Crippen LogP contribution is -2.70. The van der Waals surface area contributed by atoms with Gasteiger partial charge in [0.05, 0.1) is 19.8 Å². The molecule has 0 aromatic carbocycles. The van der Waals surface area contributed by atoms with E-state index in [-0.39, 0.29) is 19.4 Å². The van der Waals surface area contributed by atoms with E-state index in [1.807, 2.05) is 27.7 Å². The van der Waals surface area contributed by atoms with Gasteiger partial charge in [0.15, 0.2) is 5.79 Å². The molecular weight excluding hydrogens is 346 g/mol. The SMILES string of the molecule is CCOC(=O)N1C(C)(C)CC2(CC1(C)C)OCC(C(=O)O)(C(=O)O)CO2. The Hall–Kier alpha value is -1.87. The van der Waals surface area contributed by atoms with Gasteiger partial charge in [-0.15, -0.1) is 0 Å². The van der Waals surface area contributed by atoms with E-state index in [9.17, 15) is 24.6 Å². The van der Waals surface area contributed by atoms with Crippen LogP contribution in [-0.2, 0) is 23.8 Å². The second kappa shape index (κ2) is 6.38. The van der Waals surface area contributed by atoms with Crippen molar-refractivity contribution in [3.8, 4) is 0 Å². The maximum Gasteiger partial charge on any atom is 0.410 e. The zero-order chi connectivity index (χ0) is 20.0. The molecule has 2 saturated heterocycles. The average molecular weight is 373 g/mol. The summed E-state index contributed by atoms with van der Waals surface area (Å²) in [7, 11) is 0. The van der Waals surface area contributed by atoms with Crippen LogP contribution in [0.3, 0.4) is 0 Å². The van der Waals surface area contributed by atoms with Crippen molar-refractivity contribution in [3.05, 3.63) is 0 Å². The van der Waals surface area contributed by atoms with E-state index in [0.717, 1.165) is 0 Å². The number of aliphatic carboxylic acids is 2. The standard InChI is InChI=1S/C17H27NO8/c1-6-24-13(23)18-14(2,3)7-17(8-15(18,4)5)25-9-16(10-26-17,11(19)20)12(21)22/h6-10H2,1-5H3,(H,19,20)(H,21,22). The minimum absolute atomic E-state index is 0.249. The average Bonchev–Trinajstić information content (AvgIpc) is 2.44. The zero-order valence-electron chi connectivity index (χ0n) is 15.8. The number of carboxylic acids is 2. The first-order chi connectivity index (χ1) is 11.8. The predicted molar refractivity (Wildman–Crippen MR) is 88.6 cm³/mol. The Morgan fingerprint density at radius 2 is 1.38 bits per heavy atom. The quantitative estimate of drug-likeness (QED) is 0.717. The van der Waals surface area contributed by atoms with Crippen molar-refractivity contribution in [1.29, 1.82) is 0 Å². The number of carboxylic acid groups (broad SMARTS) is 2. The van der Waals surface area contributed by atoms with Gasteiger partial charge in [0.2, 0.25) is 5.41 Å². The Balaban J connectivity index is 2.29. The van der Waals surface area contributed by atoms with E-state index >= 15 is 0 Å². The van der Waals surface area contributed by atoms with Crippen LogP contribution in [0.4, 0.5) is 4.79 Å². The Bertz CT molecular complexity index is 568. The van der Waals surface area contributed by atoms with Crippen molar-refractivity contribution in [2.75, 3.05) is 19.8 Å². The number of ether oxygens (including phenoxy) is 3. The minimum Gasteiger partial charge on any atom is -0.480 e. The number of amides is 1. The fraction of sp³-hybridized carbons (Fsp3) is 0.824. The highest BCUT2D eigenvalue weighted by Crippen LogP contribution is 2.48. The lowest BCUT2D eigenvalue weighted by atomic mass is 9.75. The molecule has 2 aliphatic heterocycles. The maximum absolute atomic E-state index is 12.4. The van der Waals surface area contributed by atoms with Crippen molar-refractivity contribution < 1.29 is 38.8 Å². The Kier molecular flexibility index (Phi) is 5.02. The smallest absolute Gasteiger partial charge is 0.410 e. The summed E-state index contributed by atoms with van der Waals surface area (Å²) < 4.78 is 16.7. The van der Waals surface area contributed by atoms with Crippen molar-refractivity contribution in [2.24, 2.45) is 5.41 Å². The van der Waals surface area contributed by atoms with Crippen molar-refractivity contribution >= 4 is 18.0 Å². The fourth-order valence-corrected chi connectivity index (χ4v) is 4.18. The number of likely N-dealkylation sites (tertiary alicyclic amines) is 1. The summed E-state index contributed by atoms with van der Waals surface area (Å²) in [5.41, 5.74) is -3.54. The van der Waals surface area contributed by atoms with Gasteiger partial charge in [0, 0.05) is 23.9 Å². The summed E-state index contributed by atoms with van der Waals surface area (Å²) in [4.78, 5) is 37.0. The van der Waals surface area contributed by atoms with Crippen LogP contribution in [-0.4, -0.2) is 69.8 Å². The van der Waals surface area contributed by atoms with Crippen LogP contribution in [0.25, 0.3) is 0 Å². The highest BCUT2D eigenvalue weighted by Gasteiger charge is 2.61. The highest BCUT2D eigenvalue weighted by atomic mass is 16.7. The van der Waals surface area contributed by atoms with Crippen LogP contribution < -0.4 is 0 Å². The lowest BCUT2D eigenvalue weighted by molar-refractivity contribution is -0.333. The molecule has 0 radical (unpaired) electrons. The van der Waals surface area contributed by atoms with Crippen molar-refractivity contribution in [2.45, 2.75) is 64.3 Å². The largest absolute Gasteiger partial charge is 0.480 e. The Morgan fingerprint density at radius 1 is 0.962 bits per heavy atom. The van der Waals surface area contributed by atoms with Gasteiger partial charge < -0.3 is 24.4 Å². The molecule has 1 amide bonds. The minimum atomic E-state index is -2.13. The molecular formula is C17H27NO8. The number of nitrogens with zero attached hydrogens (tertiary/aromatic N) is 1. The number of carbonyl (C=O) groups excluding carboxylic acids is 1. The lowest BCUT2D eigenvalue weighted by Gasteiger charge is -2.59. The van der Waals surface area contributed by atoms with E-state index in [1.54, 1.807) is 11.8 Å². The van der Waals surface area contributed by atoms with Gasteiger partial charge in [0.25, 0.3) is 0 Å². The molecule has 0 aromatic heterocycles. The maximum atomic E-state index is 12.4. The van der Waals surface area contributed by atoms with E-state index in [0.29, 0.717) is 0 Å². The zero-order valence-corrected chi connectivity index (χ0v) is 15.8. The summed E-state index contributed by atoms with van der Waals surface area (Å²) in [5, 5.41) is 18.6. The molecule has 0 bridgehead atoms. The number of carbonyl (C=O) groups is 3. The number of hydrogen-bond donors (Lipinski definition) is 2. The van der Waals surface area contributed by atoms with Gasteiger partial charge in [0.1, 0.15) is 0 Å². The van der Waals surface area contributed by atoms with Crippen LogP contribution in [0.1, 0.15) is 47.5 Å². The van der Waals surface area contributed by atoms with Crippen LogP contribution in [0.15, 0.2) is 0 Å². The van der Waals surface area contributed by atoms with Crippen LogP contribution >= 0.6 is 0 Å². The van der Waals surface area contributed by atoms with Gasteiger partial charge >= 0.3 is 18.0 Å². The number of piperidine rings is 1. The van der Waals surface area contributed by atoms with E-state index in [4.69, 9.17) is 14.2 Å². The molecule has 26 heavy (non-hydrogen) atoms. The predicted octanol–water partition coefficient (Wildman–Crippen LogP) is 1.69. The molecule has 1 spiro atoms. The van der Waals surface area contributed by atoms with Gasteiger partial charge in [-0.05, 0) is 34.6 Å². The van der Waals surface area contributed by atoms with Crippen molar-refractivity contribution in [1.82, 2.24) is 4.90 Å². The van der Waals surface area contributed by atoms with Crippen LogP contribution in [0, 0.1) is 5.41 Å². The second-order valence-corrected chi connectivity index (χ2v) is 8.19. The first-order valence-electron chi connectivity index (χ1n) is 8.54. The second-order valence-electron chi connectivity index (χ2n) is 8.19. The molecule has 148 valence electrons. The van der Waals surface area contributed by atoms with E-state index in [1.165, 1.54) is 0 Å². The monoisotopic (exact) mass is 373 g/mol. The molecule has 0 aromatic rings. The summed E-state index contributed by atoms with van der Waals surface area (Å²) in [6, 6.07) is 0. The molecule has 2 aliphatic rings.